The Morgan fingerprint density at radius 2 is 1.85 bits per heavy atom. The SMILES string of the molecule is CC(C)C1CCC(Nc2ccc(Cl)cc2)(C(=O)O)CC1. The van der Waals surface area contributed by atoms with Gasteiger partial charge >= 0.3 is 5.97 Å². The molecule has 0 bridgehead atoms. The first-order chi connectivity index (χ1) is 9.43. The van der Waals surface area contributed by atoms with Crippen LogP contribution in [-0.2, 0) is 4.79 Å². The van der Waals surface area contributed by atoms with Crippen molar-refractivity contribution in [3.63, 3.8) is 0 Å². The Bertz CT molecular complexity index is 462. The molecule has 1 aromatic rings. The largest absolute Gasteiger partial charge is 0.480 e. The van der Waals surface area contributed by atoms with E-state index in [1.165, 1.54) is 0 Å². The van der Waals surface area contributed by atoms with Crippen LogP contribution in [0.25, 0.3) is 0 Å². The molecule has 0 spiro atoms. The van der Waals surface area contributed by atoms with E-state index in [0.717, 1.165) is 18.5 Å². The molecule has 0 atom stereocenters. The molecular weight excluding hydrogens is 274 g/mol. The molecule has 1 aliphatic rings. The predicted octanol–water partition coefficient (Wildman–Crippen LogP) is 4.42. The Morgan fingerprint density at radius 1 is 1.30 bits per heavy atom. The lowest BCUT2D eigenvalue weighted by Crippen LogP contribution is -2.49. The number of hydrogen-bond acceptors (Lipinski definition) is 2. The van der Waals surface area contributed by atoms with Crippen molar-refractivity contribution in [2.75, 3.05) is 5.32 Å². The number of nitrogens with one attached hydrogen (secondary N) is 1. The van der Waals surface area contributed by atoms with Crippen LogP contribution in [0.4, 0.5) is 5.69 Å². The van der Waals surface area contributed by atoms with Gasteiger partial charge in [0.25, 0.3) is 0 Å². The van der Waals surface area contributed by atoms with E-state index in [1.807, 2.05) is 12.1 Å². The van der Waals surface area contributed by atoms with Gasteiger partial charge in [0.05, 0.1) is 0 Å². The Labute approximate surface area is 125 Å². The van der Waals surface area contributed by atoms with Crippen LogP contribution in [0.15, 0.2) is 24.3 Å². The number of benzene rings is 1. The van der Waals surface area contributed by atoms with Crippen LogP contribution in [0, 0.1) is 11.8 Å². The number of aliphatic carboxylic acids is 1. The molecule has 1 saturated carbocycles. The van der Waals surface area contributed by atoms with Crippen LogP contribution in [0.2, 0.25) is 5.02 Å². The maximum Gasteiger partial charge on any atom is 0.329 e. The van der Waals surface area contributed by atoms with Crippen molar-refractivity contribution in [3.8, 4) is 0 Å². The lowest BCUT2D eigenvalue weighted by molar-refractivity contribution is -0.144. The highest BCUT2D eigenvalue weighted by molar-refractivity contribution is 6.30. The van der Waals surface area contributed by atoms with Crippen molar-refractivity contribution in [2.45, 2.75) is 45.1 Å². The van der Waals surface area contributed by atoms with Gasteiger partial charge in [-0.3, -0.25) is 0 Å². The van der Waals surface area contributed by atoms with E-state index in [4.69, 9.17) is 11.6 Å². The van der Waals surface area contributed by atoms with Gasteiger partial charge in [-0.2, -0.15) is 0 Å². The first-order valence-corrected chi connectivity index (χ1v) is 7.58. The van der Waals surface area contributed by atoms with Crippen LogP contribution in [-0.4, -0.2) is 16.6 Å². The fraction of sp³-hybridized carbons (Fsp3) is 0.562. The maximum atomic E-state index is 11.7. The summed E-state index contributed by atoms with van der Waals surface area (Å²) in [5.74, 6) is 0.501. The third-order valence-electron chi connectivity index (χ3n) is 4.46. The summed E-state index contributed by atoms with van der Waals surface area (Å²) in [6.07, 6.45) is 3.27. The monoisotopic (exact) mass is 295 g/mol. The molecule has 0 amide bonds. The first-order valence-electron chi connectivity index (χ1n) is 7.20. The maximum absolute atomic E-state index is 11.7. The van der Waals surface area contributed by atoms with Gasteiger partial charge in [-0.1, -0.05) is 25.4 Å². The van der Waals surface area contributed by atoms with E-state index < -0.39 is 11.5 Å². The number of carboxylic acid groups (broad SMARTS) is 1. The molecule has 3 nitrogen and oxygen atoms in total. The van der Waals surface area contributed by atoms with Gasteiger partial charge < -0.3 is 10.4 Å². The molecule has 110 valence electrons. The van der Waals surface area contributed by atoms with E-state index in [-0.39, 0.29) is 0 Å². The van der Waals surface area contributed by atoms with Crippen LogP contribution in [0.5, 0.6) is 0 Å². The molecule has 20 heavy (non-hydrogen) atoms. The number of halogens is 1. The minimum absolute atomic E-state index is 0.623. The van der Waals surface area contributed by atoms with Crippen molar-refractivity contribution in [1.82, 2.24) is 0 Å². The van der Waals surface area contributed by atoms with Crippen LogP contribution in [0.1, 0.15) is 39.5 Å². The van der Waals surface area contributed by atoms with E-state index in [1.54, 1.807) is 12.1 Å². The number of hydrogen-bond donors (Lipinski definition) is 2. The Kier molecular flexibility index (Phi) is 4.59. The van der Waals surface area contributed by atoms with Gasteiger partial charge in [0, 0.05) is 10.7 Å². The molecule has 0 heterocycles. The number of carbonyl (C=O) groups is 1. The predicted molar refractivity (Wildman–Crippen MR) is 82.2 cm³/mol. The molecule has 0 radical (unpaired) electrons. The first kappa shape index (κ1) is 15.2. The zero-order valence-corrected chi connectivity index (χ0v) is 12.8. The third kappa shape index (κ3) is 3.26. The average Bonchev–Trinajstić information content (AvgIpc) is 2.42. The highest BCUT2D eigenvalue weighted by atomic mass is 35.5. The lowest BCUT2D eigenvalue weighted by atomic mass is 9.72. The van der Waals surface area contributed by atoms with Gasteiger partial charge in [-0.15, -0.1) is 0 Å². The average molecular weight is 296 g/mol. The second-order valence-corrected chi connectivity index (χ2v) is 6.54. The van der Waals surface area contributed by atoms with E-state index in [9.17, 15) is 9.90 Å². The summed E-state index contributed by atoms with van der Waals surface area (Å²) in [7, 11) is 0. The van der Waals surface area contributed by atoms with Crippen LogP contribution in [0.3, 0.4) is 0 Å². The lowest BCUT2D eigenvalue weighted by Gasteiger charge is -2.39. The van der Waals surface area contributed by atoms with E-state index in [0.29, 0.717) is 29.7 Å². The van der Waals surface area contributed by atoms with Crippen molar-refractivity contribution < 1.29 is 9.90 Å². The zero-order valence-electron chi connectivity index (χ0n) is 12.0. The molecule has 2 N–H and O–H groups in total. The van der Waals surface area contributed by atoms with Gasteiger partial charge in [0.1, 0.15) is 5.54 Å². The quantitative estimate of drug-likeness (QED) is 0.864. The summed E-state index contributed by atoms with van der Waals surface area (Å²) in [5, 5.41) is 13.5. The standard InChI is InChI=1S/C16H22ClNO2/c1-11(2)12-7-9-16(10-8-12,15(19)20)18-14-5-3-13(17)4-6-14/h3-6,11-12,18H,7-10H2,1-2H3,(H,19,20). The van der Waals surface area contributed by atoms with Gasteiger partial charge in [0.15, 0.2) is 0 Å². The fourth-order valence-electron chi connectivity index (χ4n) is 3.00. The summed E-state index contributed by atoms with van der Waals surface area (Å²) in [6, 6.07) is 7.22. The fourth-order valence-corrected chi connectivity index (χ4v) is 3.13. The third-order valence-corrected chi connectivity index (χ3v) is 4.72. The molecule has 1 aromatic carbocycles. The number of rotatable bonds is 4. The molecule has 0 saturated heterocycles. The molecule has 1 aliphatic carbocycles. The zero-order chi connectivity index (χ0) is 14.8. The Morgan fingerprint density at radius 3 is 2.30 bits per heavy atom. The Balaban J connectivity index is 2.12. The molecule has 0 unspecified atom stereocenters. The normalized spacial score (nSPS) is 26.5. The second kappa shape index (κ2) is 6.04. The van der Waals surface area contributed by atoms with Crippen LogP contribution >= 0.6 is 11.6 Å². The molecule has 2 rings (SSSR count). The summed E-state index contributed by atoms with van der Waals surface area (Å²) in [5.41, 5.74) is -0.0149. The summed E-state index contributed by atoms with van der Waals surface area (Å²) >= 11 is 5.86. The molecular formula is C16H22ClNO2. The smallest absolute Gasteiger partial charge is 0.329 e. The van der Waals surface area contributed by atoms with E-state index >= 15 is 0 Å². The van der Waals surface area contributed by atoms with E-state index in [2.05, 4.69) is 19.2 Å². The van der Waals surface area contributed by atoms with Crippen molar-refractivity contribution >= 4 is 23.3 Å². The molecule has 1 fully saturated rings. The van der Waals surface area contributed by atoms with Crippen molar-refractivity contribution in [3.05, 3.63) is 29.3 Å². The van der Waals surface area contributed by atoms with Gasteiger partial charge in [-0.25, -0.2) is 4.79 Å². The summed E-state index contributed by atoms with van der Waals surface area (Å²) < 4.78 is 0. The molecule has 4 heteroatoms. The highest BCUT2D eigenvalue weighted by Gasteiger charge is 2.42. The highest BCUT2D eigenvalue weighted by Crippen LogP contribution is 2.38. The minimum Gasteiger partial charge on any atom is -0.480 e. The minimum atomic E-state index is -0.834. The Hall–Kier alpha value is -1.22. The van der Waals surface area contributed by atoms with Gasteiger partial charge in [-0.05, 0) is 61.8 Å². The van der Waals surface area contributed by atoms with Gasteiger partial charge in [0.2, 0.25) is 0 Å². The summed E-state index contributed by atoms with van der Waals surface area (Å²) in [6.45, 7) is 4.43. The second-order valence-electron chi connectivity index (χ2n) is 6.10. The molecule has 0 aliphatic heterocycles. The van der Waals surface area contributed by atoms with Crippen molar-refractivity contribution in [1.29, 1.82) is 0 Å². The number of carboxylic acids is 1. The topological polar surface area (TPSA) is 49.3 Å². The van der Waals surface area contributed by atoms with Crippen LogP contribution < -0.4 is 5.32 Å². The summed E-state index contributed by atoms with van der Waals surface area (Å²) in [4.78, 5) is 11.7. The molecule has 0 aromatic heterocycles. The number of anilines is 1. The van der Waals surface area contributed by atoms with Crippen molar-refractivity contribution in [2.24, 2.45) is 11.8 Å².